The Morgan fingerprint density at radius 1 is 1.30 bits per heavy atom. The van der Waals surface area contributed by atoms with Crippen LogP contribution in [0.2, 0.25) is 0 Å². The topological polar surface area (TPSA) is 77.0 Å². The summed E-state index contributed by atoms with van der Waals surface area (Å²) in [5, 5.41) is 2.75. The van der Waals surface area contributed by atoms with E-state index < -0.39 is 23.3 Å². The fraction of sp³-hybridized carbons (Fsp3) is 0.857. The molecule has 4 rings (SSSR count). The second-order valence-electron chi connectivity index (χ2n) is 10.1. The predicted octanol–water partition coefficient (Wildman–Crippen LogP) is 3.87. The van der Waals surface area contributed by atoms with E-state index in [-0.39, 0.29) is 11.4 Å². The van der Waals surface area contributed by atoms with Gasteiger partial charge in [-0.2, -0.15) is 0 Å². The van der Waals surface area contributed by atoms with E-state index in [1.165, 1.54) is 0 Å². The zero-order valence-corrected chi connectivity index (χ0v) is 17.6. The SMILES string of the molecule is CC(C)(C)OC(=O)NCCCC[C@H]1N=C2C[C@H]3C[C@H](C3(C)C)[C@@]2(C)OC1=O. The number of hydrogen-bond acceptors (Lipinski definition) is 5. The molecule has 4 atom stereocenters. The van der Waals surface area contributed by atoms with E-state index in [0.717, 1.165) is 31.4 Å². The fourth-order valence-corrected chi connectivity index (χ4v) is 4.91. The van der Waals surface area contributed by atoms with E-state index in [9.17, 15) is 9.59 Å². The molecule has 0 spiro atoms. The second kappa shape index (κ2) is 6.78. The number of nitrogens with one attached hydrogen (secondary N) is 1. The Morgan fingerprint density at radius 3 is 2.63 bits per heavy atom. The van der Waals surface area contributed by atoms with Crippen LogP contribution >= 0.6 is 0 Å². The second-order valence-corrected chi connectivity index (χ2v) is 10.1. The maximum Gasteiger partial charge on any atom is 0.407 e. The van der Waals surface area contributed by atoms with Crippen LogP contribution in [0.5, 0.6) is 0 Å². The van der Waals surface area contributed by atoms with Crippen LogP contribution in [0.25, 0.3) is 0 Å². The Bertz CT molecular complexity index is 649. The summed E-state index contributed by atoms with van der Waals surface area (Å²) in [4.78, 5) is 29.0. The molecule has 2 bridgehead atoms. The Morgan fingerprint density at radius 2 is 2.00 bits per heavy atom. The van der Waals surface area contributed by atoms with Crippen LogP contribution in [0.3, 0.4) is 0 Å². The van der Waals surface area contributed by atoms with E-state index in [1.807, 2.05) is 27.7 Å². The first-order valence-corrected chi connectivity index (χ1v) is 10.2. The molecule has 1 N–H and O–H groups in total. The van der Waals surface area contributed by atoms with Gasteiger partial charge in [-0.15, -0.1) is 0 Å². The first-order valence-electron chi connectivity index (χ1n) is 10.2. The molecule has 3 aliphatic carbocycles. The standard InChI is InChI=1S/C21H34N2O4/c1-19(2,3)27-18(25)22-10-8-7-9-14-17(24)26-21(6)15-11-13(20(15,4)5)12-16(21)23-14/h13-15H,7-12H2,1-6H3,(H,22,25)/t13-,14-,15-,21-/m1/s1. The van der Waals surface area contributed by atoms with Crippen LogP contribution in [0, 0.1) is 17.3 Å². The largest absolute Gasteiger partial charge is 0.451 e. The van der Waals surface area contributed by atoms with Crippen molar-refractivity contribution >= 4 is 17.8 Å². The first kappa shape index (κ1) is 20.2. The number of esters is 1. The van der Waals surface area contributed by atoms with Gasteiger partial charge < -0.3 is 14.8 Å². The molecular formula is C21H34N2O4. The number of ether oxygens (including phenoxy) is 2. The molecule has 27 heavy (non-hydrogen) atoms. The van der Waals surface area contributed by atoms with E-state index in [2.05, 4.69) is 19.2 Å². The number of amides is 1. The highest BCUT2D eigenvalue weighted by Gasteiger charge is 2.65. The van der Waals surface area contributed by atoms with Gasteiger partial charge >= 0.3 is 12.1 Å². The molecule has 0 unspecified atom stereocenters. The summed E-state index contributed by atoms with van der Waals surface area (Å²) in [5.74, 6) is 0.845. The molecule has 0 saturated heterocycles. The minimum atomic E-state index is -0.510. The molecule has 4 aliphatic rings. The highest BCUT2D eigenvalue weighted by atomic mass is 16.6. The molecule has 0 aromatic heterocycles. The number of hydrogen-bond donors (Lipinski definition) is 1. The minimum Gasteiger partial charge on any atom is -0.451 e. The Labute approximate surface area is 162 Å². The Hall–Kier alpha value is -1.59. The molecule has 6 heteroatoms. The molecule has 0 aromatic carbocycles. The van der Waals surface area contributed by atoms with E-state index in [1.54, 1.807) is 0 Å². The zero-order chi connectivity index (χ0) is 20.0. The van der Waals surface area contributed by atoms with E-state index in [4.69, 9.17) is 14.5 Å². The van der Waals surface area contributed by atoms with Gasteiger partial charge in [0.15, 0.2) is 5.60 Å². The van der Waals surface area contributed by atoms with Crippen LogP contribution in [0.15, 0.2) is 4.99 Å². The minimum absolute atomic E-state index is 0.192. The summed E-state index contributed by atoms with van der Waals surface area (Å²) in [6, 6.07) is -0.393. The first-order chi connectivity index (χ1) is 12.4. The van der Waals surface area contributed by atoms with Gasteiger partial charge in [-0.25, -0.2) is 9.59 Å². The number of alkyl carbamates (subject to hydrolysis) is 1. The van der Waals surface area contributed by atoms with Gasteiger partial charge in [0.05, 0.1) is 5.71 Å². The highest BCUT2D eigenvalue weighted by Crippen LogP contribution is 2.63. The van der Waals surface area contributed by atoms with Gasteiger partial charge in [0.2, 0.25) is 0 Å². The smallest absolute Gasteiger partial charge is 0.407 e. The summed E-state index contributed by atoms with van der Waals surface area (Å²) < 4.78 is 11.2. The highest BCUT2D eigenvalue weighted by molar-refractivity contribution is 6.00. The number of rotatable bonds is 5. The van der Waals surface area contributed by atoms with Crippen LogP contribution < -0.4 is 5.32 Å². The van der Waals surface area contributed by atoms with Crippen molar-refractivity contribution in [2.24, 2.45) is 22.2 Å². The Kier molecular flexibility index (Phi) is 5.06. The molecule has 1 amide bonds. The third kappa shape index (κ3) is 3.85. The van der Waals surface area contributed by atoms with Crippen molar-refractivity contribution in [1.82, 2.24) is 5.32 Å². The lowest BCUT2D eigenvalue weighted by atomic mass is 9.43. The van der Waals surface area contributed by atoms with Crippen LogP contribution in [-0.4, -0.2) is 41.6 Å². The Balaban J connectivity index is 1.47. The van der Waals surface area contributed by atoms with Gasteiger partial charge in [-0.3, -0.25) is 4.99 Å². The maximum absolute atomic E-state index is 12.5. The van der Waals surface area contributed by atoms with Crippen molar-refractivity contribution < 1.29 is 19.1 Å². The van der Waals surface area contributed by atoms with Crippen LogP contribution in [-0.2, 0) is 14.3 Å². The van der Waals surface area contributed by atoms with Gasteiger partial charge in [-0.1, -0.05) is 13.8 Å². The van der Waals surface area contributed by atoms with Crippen molar-refractivity contribution in [3.05, 3.63) is 0 Å². The number of nitrogens with zero attached hydrogens (tertiary/aromatic N) is 1. The molecule has 152 valence electrons. The summed E-state index contributed by atoms with van der Waals surface area (Å²) in [6.45, 7) is 12.7. The molecule has 6 nitrogen and oxygen atoms in total. The fourth-order valence-electron chi connectivity index (χ4n) is 4.91. The average Bonchev–Trinajstić information content (AvgIpc) is 2.51. The molecule has 0 radical (unpaired) electrons. The summed E-state index contributed by atoms with van der Waals surface area (Å²) in [6.07, 6.45) is 3.93. The zero-order valence-electron chi connectivity index (χ0n) is 17.6. The number of carbonyl (C=O) groups excluding carboxylic acids is 2. The third-order valence-corrected chi connectivity index (χ3v) is 6.62. The molecular weight excluding hydrogens is 344 g/mol. The lowest BCUT2D eigenvalue weighted by Gasteiger charge is -2.64. The van der Waals surface area contributed by atoms with Gasteiger partial charge in [-0.05, 0) is 71.1 Å². The summed E-state index contributed by atoms with van der Waals surface area (Å²) in [5.41, 5.74) is 0.311. The van der Waals surface area contributed by atoms with Crippen molar-refractivity contribution in [2.45, 2.75) is 90.9 Å². The van der Waals surface area contributed by atoms with E-state index >= 15 is 0 Å². The molecule has 0 aromatic rings. The van der Waals surface area contributed by atoms with Crippen molar-refractivity contribution in [1.29, 1.82) is 0 Å². The van der Waals surface area contributed by atoms with Crippen LogP contribution in [0.1, 0.15) is 73.6 Å². The lowest BCUT2D eigenvalue weighted by Crippen LogP contribution is -2.68. The average molecular weight is 379 g/mol. The normalized spacial score (nSPS) is 33.9. The molecule has 1 aliphatic heterocycles. The van der Waals surface area contributed by atoms with Crippen molar-refractivity contribution in [2.75, 3.05) is 6.54 Å². The van der Waals surface area contributed by atoms with Crippen molar-refractivity contribution in [3.8, 4) is 0 Å². The van der Waals surface area contributed by atoms with Gasteiger partial charge in [0, 0.05) is 12.5 Å². The third-order valence-electron chi connectivity index (χ3n) is 6.62. The summed E-state index contributed by atoms with van der Waals surface area (Å²) in [7, 11) is 0. The van der Waals surface area contributed by atoms with Crippen molar-refractivity contribution in [3.63, 3.8) is 0 Å². The quantitative estimate of drug-likeness (QED) is 0.582. The molecule has 1 heterocycles. The molecule has 3 saturated carbocycles. The van der Waals surface area contributed by atoms with Gasteiger partial charge in [0.25, 0.3) is 0 Å². The van der Waals surface area contributed by atoms with Crippen LogP contribution in [0.4, 0.5) is 4.79 Å². The summed E-state index contributed by atoms with van der Waals surface area (Å²) >= 11 is 0. The predicted molar refractivity (Wildman–Crippen MR) is 104 cm³/mol. The van der Waals surface area contributed by atoms with E-state index in [0.29, 0.717) is 24.8 Å². The number of unbranched alkanes of at least 4 members (excludes halogenated alkanes) is 1. The monoisotopic (exact) mass is 378 g/mol. The number of carbonyl (C=O) groups is 2. The maximum atomic E-state index is 12.5. The van der Waals surface area contributed by atoms with Gasteiger partial charge in [0.1, 0.15) is 11.6 Å². The number of aliphatic imine (C=N–C) groups is 1. The lowest BCUT2D eigenvalue weighted by molar-refractivity contribution is -0.187. The molecule has 3 fully saturated rings.